The third kappa shape index (κ3) is 1.95. The molecule has 0 atom stereocenters. The number of hydrogen-bond donors (Lipinski definition) is 0. The third-order valence-electron chi connectivity index (χ3n) is 1.85. The van der Waals surface area contributed by atoms with Crippen molar-refractivity contribution in [3.63, 3.8) is 0 Å². The van der Waals surface area contributed by atoms with Crippen LogP contribution >= 0.6 is 31.9 Å². The predicted molar refractivity (Wildman–Crippen MR) is 63.7 cm³/mol. The van der Waals surface area contributed by atoms with Crippen LogP contribution in [0, 0.1) is 0 Å². The van der Waals surface area contributed by atoms with Crippen LogP contribution in [0.4, 0.5) is 0 Å². The van der Waals surface area contributed by atoms with E-state index in [2.05, 4.69) is 36.8 Å². The van der Waals surface area contributed by atoms with Crippen molar-refractivity contribution < 1.29 is 8.42 Å². The molecule has 0 spiro atoms. The molecule has 2 heterocycles. The molecule has 0 aliphatic heterocycles. The third-order valence-corrected chi connectivity index (χ3v) is 4.23. The van der Waals surface area contributed by atoms with E-state index in [0.717, 1.165) is 10.7 Å². The molecule has 0 aliphatic rings. The van der Waals surface area contributed by atoms with Gasteiger partial charge < -0.3 is 0 Å². The van der Waals surface area contributed by atoms with E-state index in [1.165, 1.54) is 4.40 Å². The first kappa shape index (κ1) is 11.1. The fourth-order valence-corrected chi connectivity index (χ4v) is 3.75. The Morgan fingerprint density at radius 2 is 2.00 bits per heavy atom. The minimum absolute atomic E-state index is 0.166. The summed E-state index contributed by atoms with van der Waals surface area (Å²) >= 11 is 6.43. The van der Waals surface area contributed by atoms with E-state index < -0.39 is 9.84 Å². The van der Waals surface area contributed by atoms with Crippen LogP contribution in [0.2, 0.25) is 0 Å². The Labute approximate surface area is 103 Å². The molecule has 2 aromatic heterocycles. The van der Waals surface area contributed by atoms with Gasteiger partial charge in [0.05, 0.1) is 0 Å². The van der Waals surface area contributed by atoms with Crippen molar-refractivity contribution >= 4 is 47.3 Å². The molecule has 0 aromatic carbocycles. The number of aromatic nitrogens is 2. The molecule has 4 nitrogen and oxygen atoms in total. The first-order chi connectivity index (χ1) is 6.89. The van der Waals surface area contributed by atoms with Gasteiger partial charge in [-0.15, -0.1) is 0 Å². The van der Waals surface area contributed by atoms with Gasteiger partial charge in [0, 0.05) is 16.9 Å². The van der Waals surface area contributed by atoms with Gasteiger partial charge in [-0.1, -0.05) is 0 Å². The van der Waals surface area contributed by atoms with E-state index in [9.17, 15) is 8.42 Å². The summed E-state index contributed by atoms with van der Waals surface area (Å²) in [6.07, 6.45) is 2.82. The summed E-state index contributed by atoms with van der Waals surface area (Å²) in [4.78, 5) is 4.10. The summed E-state index contributed by atoms with van der Waals surface area (Å²) in [7, 11) is -3.30. The van der Waals surface area contributed by atoms with Gasteiger partial charge in [0.2, 0.25) is 0 Å². The lowest BCUT2D eigenvalue weighted by Crippen LogP contribution is -2.02. The average molecular weight is 354 g/mol. The molecule has 0 N–H and O–H groups in total. The van der Waals surface area contributed by atoms with Gasteiger partial charge >= 0.3 is 0 Å². The maximum atomic E-state index is 11.5. The Morgan fingerprint density at radius 1 is 1.33 bits per heavy atom. The molecule has 0 aliphatic carbocycles. The molecule has 0 saturated carbocycles. The van der Waals surface area contributed by atoms with E-state index in [1.807, 2.05) is 0 Å². The largest absolute Gasteiger partial charge is 0.288 e. The second-order valence-corrected chi connectivity index (χ2v) is 6.65. The number of halogens is 2. The van der Waals surface area contributed by atoms with Crippen LogP contribution in [-0.4, -0.2) is 24.1 Å². The predicted octanol–water partition coefficient (Wildman–Crippen LogP) is 2.26. The minimum atomic E-state index is -3.30. The summed E-state index contributed by atoms with van der Waals surface area (Å²) < 4.78 is 25.7. The highest BCUT2D eigenvalue weighted by Crippen LogP contribution is 2.24. The fraction of sp³-hybridized carbons (Fsp3) is 0.125. The second kappa shape index (κ2) is 3.57. The van der Waals surface area contributed by atoms with Crippen LogP contribution in [0.1, 0.15) is 0 Å². The lowest BCUT2D eigenvalue weighted by atomic mass is 10.5. The maximum absolute atomic E-state index is 11.5. The van der Waals surface area contributed by atoms with Gasteiger partial charge in [-0.05, 0) is 44.0 Å². The van der Waals surface area contributed by atoms with E-state index in [-0.39, 0.29) is 5.03 Å². The highest BCUT2D eigenvalue weighted by molar-refractivity contribution is 9.10. The van der Waals surface area contributed by atoms with Crippen molar-refractivity contribution in [2.75, 3.05) is 6.26 Å². The molecule has 0 amide bonds. The molecule has 0 radical (unpaired) electrons. The molecular formula is C8H6Br2N2O2S. The van der Waals surface area contributed by atoms with Crippen molar-refractivity contribution in [2.45, 2.75) is 5.03 Å². The van der Waals surface area contributed by atoms with Gasteiger partial charge in [0.15, 0.2) is 14.9 Å². The van der Waals surface area contributed by atoms with Crippen LogP contribution in [0.25, 0.3) is 5.65 Å². The quantitative estimate of drug-likeness (QED) is 0.790. The molecule has 2 rings (SSSR count). The van der Waals surface area contributed by atoms with Crippen molar-refractivity contribution in [3.8, 4) is 0 Å². The number of fused-ring (bicyclic) bond motifs is 1. The minimum Gasteiger partial charge on any atom is -0.288 e. The number of hydrogen-bond acceptors (Lipinski definition) is 3. The number of imidazole rings is 1. The average Bonchev–Trinajstić information content (AvgIpc) is 2.38. The fourth-order valence-electron chi connectivity index (χ4n) is 1.30. The van der Waals surface area contributed by atoms with Crippen LogP contribution < -0.4 is 0 Å². The highest BCUT2D eigenvalue weighted by Gasteiger charge is 2.19. The van der Waals surface area contributed by atoms with Gasteiger partial charge in [0.1, 0.15) is 10.3 Å². The second-order valence-electron chi connectivity index (χ2n) is 3.06. The molecule has 0 bridgehead atoms. The highest BCUT2D eigenvalue weighted by atomic mass is 79.9. The van der Waals surface area contributed by atoms with Crippen molar-refractivity contribution in [2.24, 2.45) is 0 Å². The molecule has 0 fully saturated rings. The Bertz CT molecular complexity index is 633. The van der Waals surface area contributed by atoms with Gasteiger partial charge in [-0.2, -0.15) is 0 Å². The summed E-state index contributed by atoms with van der Waals surface area (Å²) in [6.45, 7) is 0. The van der Waals surface area contributed by atoms with Crippen LogP contribution in [0.3, 0.4) is 0 Å². The summed E-state index contributed by atoms with van der Waals surface area (Å²) in [6, 6.07) is 3.55. The monoisotopic (exact) mass is 352 g/mol. The van der Waals surface area contributed by atoms with Crippen LogP contribution in [0.15, 0.2) is 32.4 Å². The van der Waals surface area contributed by atoms with Gasteiger partial charge in [0.25, 0.3) is 0 Å². The molecule has 0 unspecified atom stereocenters. The van der Waals surface area contributed by atoms with Gasteiger partial charge in [-0.3, -0.25) is 4.40 Å². The number of pyridine rings is 1. The molecular weight excluding hydrogens is 348 g/mol. The van der Waals surface area contributed by atoms with Crippen LogP contribution in [-0.2, 0) is 9.84 Å². The molecule has 0 saturated heterocycles. The normalized spacial score (nSPS) is 12.2. The molecule has 2 aromatic rings. The Hall–Kier alpha value is -0.400. The van der Waals surface area contributed by atoms with Crippen molar-refractivity contribution in [1.29, 1.82) is 0 Å². The van der Waals surface area contributed by atoms with E-state index in [4.69, 9.17) is 0 Å². The van der Waals surface area contributed by atoms with E-state index >= 15 is 0 Å². The molecule has 80 valence electrons. The Morgan fingerprint density at radius 3 is 2.60 bits per heavy atom. The zero-order valence-electron chi connectivity index (χ0n) is 7.61. The summed E-state index contributed by atoms with van der Waals surface area (Å²) in [5.41, 5.74) is 0.588. The standard InChI is InChI=1S/C8H6Br2N2O2S/c1-15(13,14)8-7(10)11-6-3-2-5(9)4-12(6)8/h2-4H,1H3. The lowest BCUT2D eigenvalue weighted by molar-refractivity contribution is 0.596. The van der Waals surface area contributed by atoms with Gasteiger partial charge in [-0.25, -0.2) is 13.4 Å². The molecule has 15 heavy (non-hydrogen) atoms. The maximum Gasteiger partial charge on any atom is 0.194 e. The topological polar surface area (TPSA) is 51.4 Å². The summed E-state index contributed by atoms with van der Waals surface area (Å²) in [5, 5.41) is 0.166. The van der Waals surface area contributed by atoms with Crippen molar-refractivity contribution in [1.82, 2.24) is 9.38 Å². The van der Waals surface area contributed by atoms with E-state index in [0.29, 0.717) is 10.3 Å². The smallest absolute Gasteiger partial charge is 0.194 e. The SMILES string of the molecule is CS(=O)(=O)c1c(Br)nc2ccc(Br)cn12. The Kier molecular flexibility index (Phi) is 2.64. The van der Waals surface area contributed by atoms with Crippen LogP contribution in [0.5, 0.6) is 0 Å². The zero-order valence-corrected chi connectivity index (χ0v) is 11.6. The van der Waals surface area contributed by atoms with E-state index in [1.54, 1.807) is 18.3 Å². The first-order valence-electron chi connectivity index (χ1n) is 3.93. The zero-order chi connectivity index (χ0) is 11.2. The summed E-state index contributed by atoms with van der Waals surface area (Å²) in [5.74, 6) is 0. The first-order valence-corrected chi connectivity index (χ1v) is 7.40. The number of sulfone groups is 1. The lowest BCUT2D eigenvalue weighted by Gasteiger charge is -1.99. The molecule has 7 heteroatoms. The van der Waals surface area contributed by atoms with Crippen molar-refractivity contribution in [3.05, 3.63) is 27.4 Å². The number of nitrogens with zero attached hydrogens (tertiary/aromatic N) is 2. The number of rotatable bonds is 1. The Balaban J connectivity index is 2.95.